The van der Waals surface area contributed by atoms with Gasteiger partial charge in [-0.05, 0) is 61.6 Å². The van der Waals surface area contributed by atoms with Crippen LogP contribution in [0, 0.1) is 22.5 Å². The topological polar surface area (TPSA) is 158 Å². The molecule has 11 nitrogen and oxygen atoms in total. The third kappa shape index (κ3) is 7.23. The van der Waals surface area contributed by atoms with E-state index in [4.69, 9.17) is 10.5 Å². The highest BCUT2D eigenvalue weighted by atomic mass is 19.4. The molecule has 3 aliphatic carbocycles. The molecule has 3 fully saturated rings. The van der Waals surface area contributed by atoms with E-state index < -0.39 is 46.7 Å². The van der Waals surface area contributed by atoms with Crippen LogP contribution < -0.4 is 15.8 Å². The first-order valence-electron chi connectivity index (χ1n) is 13.1. The number of aromatic nitrogens is 3. The predicted molar refractivity (Wildman–Crippen MR) is 145 cm³/mol. The number of esters is 1. The van der Waals surface area contributed by atoms with Crippen LogP contribution in [0.2, 0.25) is 0 Å². The maximum atomic E-state index is 13.9. The number of carboxylic acid groups (broad SMARTS) is 1. The monoisotopic (exact) mass is 629 g/mol. The standard InChI is InChI=1S/C19H21FN4O5.C8H7F4NO.CH4/c1-29-17(28)19-5-2-18(3-6-19,4-7-19)10-21-15(25)13-8-12(16(26)27)23-14-11(20)9-22-24(13)14;9-6-2-1-5(4-13)3-7(6)14-8(10,11)12;/h8-9H,2-7,10H2,1H3,(H,21,25)(H,26,27);1-3H,4,13H2;1H4. The molecule has 0 atom stereocenters. The number of benzene rings is 1. The van der Waals surface area contributed by atoms with Crippen molar-refractivity contribution in [3.8, 4) is 5.75 Å². The third-order valence-corrected chi connectivity index (χ3v) is 7.98. The van der Waals surface area contributed by atoms with Crippen molar-refractivity contribution < 1.29 is 50.9 Å². The van der Waals surface area contributed by atoms with E-state index >= 15 is 0 Å². The summed E-state index contributed by atoms with van der Waals surface area (Å²) in [5, 5.41) is 15.8. The van der Waals surface area contributed by atoms with Gasteiger partial charge in [-0.3, -0.25) is 9.59 Å². The van der Waals surface area contributed by atoms with Crippen molar-refractivity contribution in [1.82, 2.24) is 19.9 Å². The Morgan fingerprint density at radius 2 is 1.70 bits per heavy atom. The lowest BCUT2D eigenvalue weighted by atomic mass is 9.53. The van der Waals surface area contributed by atoms with Crippen molar-refractivity contribution >= 4 is 23.5 Å². The highest BCUT2D eigenvalue weighted by Gasteiger charge is 2.53. The van der Waals surface area contributed by atoms with Crippen LogP contribution in [-0.2, 0) is 16.1 Å². The second-order valence-electron chi connectivity index (χ2n) is 10.5. The Balaban J connectivity index is 0.000000299. The summed E-state index contributed by atoms with van der Waals surface area (Å²) >= 11 is 0. The number of fused-ring (bicyclic) bond motifs is 4. The number of nitrogens with two attached hydrogens (primary N) is 1. The lowest BCUT2D eigenvalue weighted by Gasteiger charge is -2.51. The molecule has 1 aromatic carbocycles. The molecule has 0 aliphatic heterocycles. The van der Waals surface area contributed by atoms with Gasteiger partial charge in [-0.15, -0.1) is 13.2 Å². The highest BCUT2D eigenvalue weighted by Crippen LogP contribution is 2.57. The predicted octanol–water partition coefficient (Wildman–Crippen LogP) is 4.63. The Kier molecular flexibility index (Phi) is 10.2. The van der Waals surface area contributed by atoms with Crippen molar-refractivity contribution in [3.63, 3.8) is 0 Å². The fourth-order valence-electron chi connectivity index (χ4n) is 5.49. The lowest BCUT2D eigenvalue weighted by Crippen LogP contribution is -2.50. The molecule has 16 heteroatoms. The summed E-state index contributed by atoms with van der Waals surface area (Å²) in [6, 6.07) is 4.17. The van der Waals surface area contributed by atoms with E-state index in [1.54, 1.807) is 0 Å². The number of nitrogens with one attached hydrogen (secondary N) is 1. The van der Waals surface area contributed by atoms with Crippen LogP contribution in [0.1, 0.15) is 72.5 Å². The summed E-state index contributed by atoms with van der Waals surface area (Å²) in [5.74, 6) is -4.80. The summed E-state index contributed by atoms with van der Waals surface area (Å²) in [6.07, 6.45) is 0.556. The Morgan fingerprint density at radius 1 is 1.07 bits per heavy atom. The zero-order chi connectivity index (χ0) is 31.6. The van der Waals surface area contributed by atoms with Gasteiger partial charge in [0.25, 0.3) is 5.91 Å². The van der Waals surface area contributed by atoms with Gasteiger partial charge < -0.3 is 25.6 Å². The van der Waals surface area contributed by atoms with E-state index in [9.17, 15) is 41.4 Å². The van der Waals surface area contributed by atoms with Crippen LogP contribution in [0.4, 0.5) is 22.0 Å². The number of methoxy groups -OCH3 is 1. The minimum Gasteiger partial charge on any atom is -0.477 e. The number of carboxylic acids is 1. The summed E-state index contributed by atoms with van der Waals surface area (Å²) in [7, 11) is 1.41. The zero-order valence-electron chi connectivity index (χ0n) is 22.8. The number of aromatic carboxylic acids is 1. The molecule has 0 radical (unpaired) electrons. The number of halogens is 5. The molecule has 2 heterocycles. The van der Waals surface area contributed by atoms with Crippen LogP contribution in [0.3, 0.4) is 0 Å². The van der Waals surface area contributed by atoms with E-state index in [1.807, 2.05) is 0 Å². The Hall–Kier alpha value is -4.34. The first-order chi connectivity index (χ1) is 20.2. The van der Waals surface area contributed by atoms with Gasteiger partial charge in [0.2, 0.25) is 0 Å². The second-order valence-corrected chi connectivity index (χ2v) is 10.5. The third-order valence-electron chi connectivity index (χ3n) is 7.98. The molecule has 1 amide bonds. The first-order valence-corrected chi connectivity index (χ1v) is 13.1. The van der Waals surface area contributed by atoms with Crippen molar-refractivity contribution in [2.75, 3.05) is 13.7 Å². The molecule has 0 spiro atoms. The number of hydrogen-bond donors (Lipinski definition) is 3. The molecule has 2 bridgehead atoms. The molecule has 240 valence electrons. The van der Waals surface area contributed by atoms with Crippen molar-refractivity contribution in [2.45, 2.75) is 58.9 Å². The fraction of sp³-hybridized carbons (Fsp3) is 0.464. The first kappa shape index (κ1) is 34.2. The van der Waals surface area contributed by atoms with Gasteiger partial charge in [-0.25, -0.2) is 23.1 Å². The van der Waals surface area contributed by atoms with Crippen molar-refractivity contribution in [3.05, 3.63) is 59.0 Å². The van der Waals surface area contributed by atoms with Gasteiger partial charge in [0.1, 0.15) is 5.69 Å². The Morgan fingerprint density at radius 3 is 2.25 bits per heavy atom. The van der Waals surface area contributed by atoms with Gasteiger partial charge in [0.05, 0.1) is 18.7 Å². The van der Waals surface area contributed by atoms with Crippen LogP contribution in [0.25, 0.3) is 5.65 Å². The van der Waals surface area contributed by atoms with E-state index in [0.29, 0.717) is 12.1 Å². The fourth-order valence-corrected chi connectivity index (χ4v) is 5.49. The molecule has 3 aromatic rings. The van der Waals surface area contributed by atoms with Crippen LogP contribution in [0.5, 0.6) is 5.75 Å². The molecule has 2 aromatic heterocycles. The largest absolute Gasteiger partial charge is 0.573 e. The van der Waals surface area contributed by atoms with Crippen molar-refractivity contribution in [1.29, 1.82) is 0 Å². The molecular formula is C28H32F5N5O6. The normalized spacial score (nSPS) is 20.6. The zero-order valence-corrected chi connectivity index (χ0v) is 22.8. The quantitative estimate of drug-likeness (QED) is 0.250. The van der Waals surface area contributed by atoms with E-state index in [0.717, 1.165) is 67.4 Å². The number of carbonyl (C=O) groups is 3. The number of carbonyl (C=O) groups excluding carboxylic acids is 2. The number of nitrogens with zero attached hydrogens (tertiary/aromatic N) is 3. The SMILES string of the molecule is C.COC(=O)C12CCC(CNC(=O)c3cc(C(=O)O)nc4c(F)cnn34)(CC1)CC2.NCc1ccc(F)c(OC(F)(F)F)c1. The van der Waals surface area contributed by atoms with Crippen LogP contribution in [0.15, 0.2) is 30.5 Å². The minimum absolute atomic E-state index is 0. The number of hydrogen-bond acceptors (Lipinski definition) is 8. The van der Waals surface area contributed by atoms with Gasteiger partial charge in [-0.1, -0.05) is 13.5 Å². The maximum absolute atomic E-state index is 13.9. The van der Waals surface area contributed by atoms with Gasteiger partial charge in [-0.2, -0.15) is 5.10 Å². The molecule has 6 rings (SSSR count). The summed E-state index contributed by atoms with van der Waals surface area (Å²) < 4.78 is 71.2. The summed E-state index contributed by atoms with van der Waals surface area (Å²) in [6.45, 7) is 0.410. The molecule has 4 N–H and O–H groups in total. The smallest absolute Gasteiger partial charge is 0.477 e. The second kappa shape index (κ2) is 13.1. The van der Waals surface area contributed by atoms with E-state index in [2.05, 4.69) is 20.1 Å². The number of ether oxygens (including phenoxy) is 2. The molecule has 3 saturated carbocycles. The summed E-state index contributed by atoms with van der Waals surface area (Å²) in [5.41, 5.74) is 4.19. The number of rotatable bonds is 7. The van der Waals surface area contributed by atoms with Gasteiger partial charge >= 0.3 is 18.3 Å². The van der Waals surface area contributed by atoms with E-state index in [1.165, 1.54) is 13.2 Å². The van der Waals surface area contributed by atoms with E-state index in [-0.39, 0.29) is 36.7 Å². The average molecular weight is 630 g/mol. The highest BCUT2D eigenvalue weighted by molar-refractivity contribution is 5.96. The minimum atomic E-state index is -4.89. The Bertz CT molecular complexity index is 1520. The van der Waals surface area contributed by atoms with Crippen molar-refractivity contribution in [2.24, 2.45) is 16.6 Å². The van der Waals surface area contributed by atoms with Gasteiger partial charge in [0.15, 0.2) is 28.7 Å². The number of alkyl halides is 3. The van der Waals surface area contributed by atoms with Crippen LogP contribution in [-0.4, -0.2) is 57.6 Å². The average Bonchev–Trinajstić information content (AvgIpc) is 3.37. The molecule has 0 unspecified atom stereocenters. The van der Waals surface area contributed by atoms with Crippen LogP contribution >= 0.6 is 0 Å². The van der Waals surface area contributed by atoms with Gasteiger partial charge in [0, 0.05) is 19.2 Å². The molecule has 3 aliphatic rings. The Labute approximate surface area is 248 Å². The summed E-state index contributed by atoms with van der Waals surface area (Å²) in [4.78, 5) is 39.9. The molecular weight excluding hydrogens is 597 g/mol. The number of amides is 1. The molecule has 0 saturated heterocycles. The maximum Gasteiger partial charge on any atom is 0.573 e. The lowest BCUT2D eigenvalue weighted by molar-refractivity contribution is -0.275. The molecule has 44 heavy (non-hydrogen) atoms.